The number of hydrogen-bond acceptors (Lipinski definition) is 1. The van der Waals surface area contributed by atoms with Crippen LogP contribution in [0.15, 0.2) is 17.1 Å². The molecular formula is C8H12FN. The molecule has 1 nitrogen and oxygen atoms in total. The van der Waals surface area contributed by atoms with Gasteiger partial charge in [0.2, 0.25) is 0 Å². The topological polar surface area (TPSA) is 12.4 Å². The molecule has 0 saturated heterocycles. The Morgan fingerprint density at radius 1 is 1.50 bits per heavy atom. The van der Waals surface area contributed by atoms with E-state index in [1.807, 2.05) is 13.8 Å². The predicted molar refractivity (Wildman–Crippen MR) is 41.2 cm³/mol. The van der Waals surface area contributed by atoms with Crippen LogP contribution >= 0.6 is 0 Å². The Bertz CT molecular complexity index is 161. The average Bonchev–Trinajstić information content (AvgIpc) is 1.88. The Balaban J connectivity index is 2.61. The predicted octanol–water partition coefficient (Wildman–Crippen LogP) is 1.99. The molecule has 10 heavy (non-hydrogen) atoms. The maximum absolute atomic E-state index is 12.9. The number of aliphatic imine (C=N–C) groups is 1. The molecule has 0 saturated carbocycles. The molecule has 1 heterocycles. The zero-order chi connectivity index (χ0) is 7.56. The van der Waals surface area contributed by atoms with Gasteiger partial charge in [-0.05, 0) is 18.1 Å². The molecule has 0 fully saturated rings. The summed E-state index contributed by atoms with van der Waals surface area (Å²) in [4.78, 5) is 4.02. The molecule has 0 bridgehead atoms. The highest BCUT2D eigenvalue weighted by Gasteiger charge is 2.21. The molecule has 0 aromatic carbocycles. The highest BCUT2D eigenvalue weighted by atomic mass is 19.1. The van der Waals surface area contributed by atoms with E-state index in [4.69, 9.17) is 0 Å². The van der Waals surface area contributed by atoms with E-state index in [2.05, 4.69) is 4.99 Å². The molecule has 0 radical (unpaired) electrons. The van der Waals surface area contributed by atoms with Crippen molar-refractivity contribution in [2.24, 2.45) is 10.9 Å². The second kappa shape index (κ2) is 2.95. The van der Waals surface area contributed by atoms with Gasteiger partial charge in [0.1, 0.15) is 6.17 Å². The summed E-state index contributed by atoms with van der Waals surface area (Å²) in [6.45, 7) is 3.96. The molecular weight excluding hydrogens is 129 g/mol. The third kappa shape index (κ3) is 1.43. The van der Waals surface area contributed by atoms with E-state index in [9.17, 15) is 4.39 Å². The Hall–Kier alpha value is -0.660. The van der Waals surface area contributed by atoms with E-state index in [0.717, 1.165) is 0 Å². The first kappa shape index (κ1) is 7.45. The molecule has 1 rings (SSSR count). The van der Waals surface area contributed by atoms with Crippen LogP contribution in [0.4, 0.5) is 4.39 Å². The van der Waals surface area contributed by atoms with E-state index in [-0.39, 0.29) is 12.0 Å². The Kier molecular flexibility index (Phi) is 2.20. The smallest absolute Gasteiger partial charge is 0.141 e. The molecule has 0 N–H and O–H groups in total. The van der Waals surface area contributed by atoms with E-state index in [1.54, 1.807) is 18.4 Å². The summed E-state index contributed by atoms with van der Waals surface area (Å²) >= 11 is 0. The average molecular weight is 141 g/mol. The van der Waals surface area contributed by atoms with E-state index < -0.39 is 6.17 Å². The van der Waals surface area contributed by atoms with Crippen molar-refractivity contribution in [3.8, 4) is 0 Å². The minimum atomic E-state index is -0.884. The van der Waals surface area contributed by atoms with E-state index in [1.165, 1.54) is 0 Å². The molecule has 56 valence electrons. The lowest BCUT2D eigenvalue weighted by atomic mass is 9.99. The van der Waals surface area contributed by atoms with Gasteiger partial charge in [-0.15, -0.1) is 0 Å². The summed E-state index contributed by atoms with van der Waals surface area (Å²) in [6, 6.07) is -0.162. The molecule has 0 spiro atoms. The summed E-state index contributed by atoms with van der Waals surface area (Å²) in [6.07, 6.45) is 3.99. The molecule has 2 atom stereocenters. The number of rotatable bonds is 1. The third-order valence-electron chi connectivity index (χ3n) is 1.65. The van der Waals surface area contributed by atoms with Crippen molar-refractivity contribution in [2.45, 2.75) is 26.1 Å². The van der Waals surface area contributed by atoms with Gasteiger partial charge in [0.05, 0.1) is 6.04 Å². The third-order valence-corrected chi connectivity index (χ3v) is 1.65. The highest BCUT2D eigenvalue weighted by molar-refractivity contribution is 5.72. The van der Waals surface area contributed by atoms with Crippen LogP contribution in [0.1, 0.15) is 13.8 Å². The Labute approximate surface area is 60.7 Å². The molecule has 1 aliphatic heterocycles. The minimum Gasteiger partial charge on any atom is -0.286 e. The number of hydrogen-bond donors (Lipinski definition) is 0. The molecule has 2 unspecified atom stereocenters. The second-order valence-electron chi connectivity index (χ2n) is 2.86. The number of halogens is 1. The first-order valence-corrected chi connectivity index (χ1v) is 3.56. The number of nitrogens with zero attached hydrogens (tertiary/aromatic N) is 1. The largest absolute Gasteiger partial charge is 0.286 e. The quantitative estimate of drug-likeness (QED) is 0.529. The lowest BCUT2D eigenvalue weighted by Gasteiger charge is -2.19. The molecule has 0 amide bonds. The van der Waals surface area contributed by atoms with Crippen LogP contribution in [-0.4, -0.2) is 18.4 Å². The standard InChI is InChI=1S/C8H12FN/c1-6(2)8-7(9)4-3-5-10-8/h3-8H,1-2H3. The van der Waals surface area contributed by atoms with Crippen molar-refractivity contribution in [3.05, 3.63) is 12.2 Å². The number of alkyl halides is 1. The van der Waals surface area contributed by atoms with Crippen molar-refractivity contribution in [1.82, 2.24) is 0 Å². The minimum absolute atomic E-state index is 0.162. The maximum atomic E-state index is 12.9. The summed E-state index contributed by atoms with van der Waals surface area (Å²) < 4.78 is 12.9. The zero-order valence-electron chi connectivity index (χ0n) is 6.29. The summed E-state index contributed by atoms with van der Waals surface area (Å²) in [5, 5.41) is 0. The normalized spacial score (nSPS) is 31.6. The van der Waals surface area contributed by atoms with Gasteiger partial charge in [-0.1, -0.05) is 13.8 Å². The van der Waals surface area contributed by atoms with Crippen molar-refractivity contribution < 1.29 is 4.39 Å². The fourth-order valence-electron chi connectivity index (χ4n) is 1.04. The summed E-state index contributed by atoms with van der Waals surface area (Å²) in [5.74, 6) is 0.288. The molecule has 1 aliphatic rings. The summed E-state index contributed by atoms with van der Waals surface area (Å²) in [5.41, 5.74) is 0. The van der Waals surface area contributed by atoms with Gasteiger partial charge in [0, 0.05) is 6.21 Å². The SMILES string of the molecule is CC(C)C1N=CC=CC1F. The molecule has 0 aromatic heterocycles. The molecule has 0 aromatic rings. The lowest BCUT2D eigenvalue weighted by Crippen LogP contribution is -2.26. The van der Waals surface area contributed by atoms with Crippen molar-refractivity contribution in [2.75, 3.05) is 0 Å². The van der Waals surface area contributed by atoms with Crippen LogP contribution in [0.3, 0.4) is 0 Å². The van der Waals surface area contributed by atoms with Crippen LogP contribution in [0.2, 0.25) is 0 Å². The van der Waals surface area contributed by atoms with Crippen molar-refractivity contribution in [3.63, 3.8) is 0 Å². The van der Waals surface area contributed by atoms with E-state index in [0.29, 0.717) is 0 Å². The van der Waals surface area contributed by atoms with Gasteiger partial charge >= 0.3 is 0 Å². The second-order valence-corrected chi connectivity index (χ2v) is 2.86. The van der Waals surface area contributed by atoms with Crippen LogP contribution in [0, 0.1) is 5.92 Å². The summed E-state index contributed by atoms with van der Waals surface area (Å²) in [7, 11) is 0. The first-order chi connectivity index (χ1) is 4.72. The van der Waals surface area contributed by atoms with Gasteiger partial charge in [-0.3, -0.25) is 4.99 Å². The number of dihydropyridines is 1. The van der Waals surface area contributed by atoms with Gasteiger partial charge in [-0.25, -0.2) is 4.39 Å². The van der Waals surface area contributed by atoms with Crippen molar-refractivity contribution >= 4 is 6.21 Å². The van der Waals surface area contributed by atoms with Crippen LogP contribution in [0.25, 0.3) is 0 Å². The van der Waals surface area contributed by atoms with E-state index >= 15 is 0 Å². The van der Waals surface area contributed by atoms with Crippen molar-refractivity contribution in [1.29, 1.82) is 0 Å². The zero-order valence-corrected chi connectivity index (χ0v) is 6.29. The van der Waals surface area contributed by atoms with Gasteiger partial charge in [-0.2, -0.15) is 0 Å². The lowest BCUT2D eigenvalue weighted by molar-refractivity contribution is 0.292. The molecule has 2 heteroatoms. The highest BCUT2D eigenvalue weighted by Crippen LogP contribution is 2.16. The van der Waals surface area contributed by atoms with Crippen LogP contribution in [-0.2, 0) is 0 Å². The fourth-order valence-corrected chi connectivity index (χ4v) is 1.04. The van der Waals surface area contributed by atoms with Crippen LogP contribution < -0.4 is 0 Å². The van der Waals surface area contributed by atoms with Gasteiger partial charge in [0.25, 0.3) is 0 Å². The Morgan fingerprint density at radius 2 is 2.20 bits per heavy atom. The molecule has 0 aliphatic carbocycles. The van der Waals surface area contributed by atoms with Gasteiger partial charge < -0.3 is 0 Å². The van der Waals surface area contributed by atoms with Crippen LogP contribution in [0.5, 0.6) is 0 Å². The maximum Gasteiger partial charge on any atom is 0.141 e. The Morgan fingerprint density at radius 3 is 2.60 bits per heavy atom. The fraction of sp³-hybridized carbons (Fsp3) is 0.625. The number of allylic oxidation sites excluding steroid dienone is 1. The monoisotopic (exact) mass is 141 g/mol. The first-order valence-electron chi connectivity index (χ1n) is 3.56. The van der Waals surface area contributed by atoms with Gasteiger partial charge in [0.15, 0.2) is 0 Å².